The molecule has 0 aromatic heterocycles. The Kier molecular flexibility index (Phi) is 44.5. The molecular formula is C53H87NO3. The fourth-order valence-electron chi connectivity index (χ4n) is 6.15. The highest BCUT2D eigenvalue weighted by Gasteiger charge is 2.17. The average Bonchev–Trinajstić information content (AvgIpc) is 3.22. The fourth-order valence-corrected chi connectivity index (χ4v) is 6.15. The van der Waals surface area contributed by atoms with E-state index >= 15 is 0 Å². The van der Waals surface area contributed by atoms with E-state index in [9.17, 15) is 15.0 Å². The Balaban J connectivity index is 3.75. The number of aliphatic hydroxyl groups is 2. The molecule has 2 atom stereocenters. The molecule has 0 heterocycles. The Labute approximate surface area is 352 Å². The topological polar surface area (TPSA) is 69.6 Å². The summed E-state index contributed by atoms with van der Waals surface area (Å²) in [6.45, 7) is 4.15. The van der Waals surface area contributed by atoms with Gasteiger partial charge in [0.1, 0.15) is 0 Å². The van der Waals surface area contributed by atoms with E-state index < -0.39 is 12.1 Å². The third-order valence-corrected chi connectivity index (χ3v) is 9.68. The number of hydrogen-bond donors (Lipinski definition) is 3. The summed E-state index contributed by atoms with van der Waals surface area (Å²) < 4.78 is 0. The van der Waals surface area contributed by atoms with Crippen molar-refractivity contribution in [1.29, 1.82) is 0 Å². The standard InChI is InChI=1S/C53H87NO3/c1-3-5-7-9-11-13-15-17-19-21-22-23-24-25-26-27-28-29-30-31-32-33-35-37-39-41-43-45-47-49-53(57)54-51(50-55)52(56)48-46-44-42-40-38-36-34-20-18-16-14-12-10-8-6-4-2/h5,7,11,13,17,19,22-23,25-26,28-29,31-32,35,37-38,40,46,48,51-52,55-56H,3-4,6,8-10,12,14-16,18,20-21,24,27,30,33-34,36,39,41-45,47,49-50H2,1-2H3,(H,54,57)/b7-5-,13-11-,19-17-,23-22-,26-25-,29-28-,32-31-,37-35-,40-38+,48-46+. The zero-order valence-corrected chi connectivity index (χ0v) is 36.8. The van der Waals surface area contributed by atoms with Gasteiger partial charge in [0.15, 0.2) is 0 Å². The second-order valence-corrected chi connectivity index (χ2v) is 15.1. The molecule has 0 saturated carbocycles. The highest BCUT2D eigenvalue weighted by Crippen LogP contribution is 2.12. The third-order valence-electron chi connectivity index (χ3n) is 9.68. The molecule has 2 unspecified atom stereocenters. The highest BCUT2D eigenvalue weighted by molar-refractivity contribution is 5.76. The lowest BCUT2D eigenvalue weighted by Crippen LogP contribution is -2.45. The molecule has 0 bridgehead atoms. The summed E-state index contributed by atoms with van der Waals surface area (Å²) in [4.78, 5) is 12.4. The highest BCUT2D eigenvalue weighted by atomic mass is 16.3. The first-order chi connectivity index (χ1) is 28.2. The van der Waals surface area contributed by atoms with Gasteiger partial charge in [-0.2, -0.15) is 0 Å². The molecule has 322 valence electrons. The summed E-state index contributed by atoms with van der Waals surface area (Å²) in [7, 11) is 0. The molecule has 0 aliphatic carbocycles. The Morgan fingerprint density at radius 2 is 0.789 bits per heavy atom. The molecule has 0 aromatic carbocycles. The van der Waals surface area contributed by atoms with Crippen LogP contribution in [0.2, 0.25) is 0 Å². The van der Waals surface area contributed by atoms with E-state index in [1.165, 1.54) is 64.2 Å². The second-order valence-electron chi connectivity index (χ2n) is 15.1. The van der Waals surface area contributed by atoms with Gasteiger partial charge >= 0.3 is 0 Å². The van der Waals surface area contributed by atoms with Crippen LogP contribution in [0.3, 0.4) is 0 Å². The molecule has 0 aliphatic heterocycles. The van der Waals surface area contributed by atoms with Gasteiger partial charge in [-0.25, -0.2) is 0 Å². The molecule has 0 fully saturated rings. The summed E-state index contributed by atoms with van der Waals surface area (Å²) in [6.07, 6.45) is 73.1. The van der Waals surface area contributed by atoms with E-state index in [2.05, 4.69) is 129 Å². The van der Waals surface area contributed by atoms with E-state index in [-0.39, 0.29) is 12.5 Å². The number of amides is 1. The predicted molar refractivity (Wildman–Crippen MR) is 252 cm³/mol. The van der Waals surface area contributed by atoms with Gasteiger partial charge < -0.3 is 15.5 Å². The van der Waals surface area contributed by atoms with Crippen LogP contribution in [0.1, 0.15) is 187 Å². The first-order valence-corrected chi connectivity index (χ1v) is 23.2. The number of hydrogen-bond acceptors (Lipinski definition) is 3. The van der Waals surface area contributed by atoms with Gasteiger partial charge in [-0.1, -0.05) is 206 Å². The van der Waals surface area contributed by atoms with Crippen LogP contribution in [0.5, 0.6) is 0 Å². The number of aliphatic hydroxyl groups excluding tert-OH is 2. The van der Waals surface area contributed by atoms with Crippen LogP contribution in [-0.4, -0.2) is 34.9 Å². The SMILES string of the molecule is CC/C=C\C/C=C\C/C=C\C/C=C\C/C=C\C/C=C\C/C=C\C/C=C\CCCCCCC(=O)NC(CO)C(O)/C=C/CC/C=C/CCCCCCCCCCCC. The summed E-state index contributed by atoms with van der Waals surface area (Å²) in [5, 5.41) is 23.0. The van der Waals surface area contributed by atoms with E-state index in [1.54, 1.807) is 6.08 Å². The quantitative estimate of drug-likeness (QED) is 0.0428. The minimum absolute atomic E-state index is 0.105. The molecule has 1 amide bonds. The number of nitrogens with one attached hydrogen (secondary N) is 1. The van der Waals surface area contributed by atoms with Crippen molar-refractivity contribution in [3.63, 3.8) is 0 Å². The van der Waals surface area contributed by atoms with Gasteiger partial charge in [-0.3, -0.25) is 4.79 Å². The Morgan fingerprint density at radius 3 is 1.23 bits per heavy atom. The van der Waals surface area contributed by atoms with Crippen LogP contribution in [0.4, 0.5) is 0 Å². The van der Waals surface area contributed by atoms with Gasteiger partial charge in [0.25, 0.3) is 0 Å². The van der Waals surface area contributed by atoms with Crippen molar-refractivity contribution >= 4 is 5.91 Å². The number of unbranched alkanes of at least 4 members (excludes halogenated alkanes) is 15. The monoisotopic (exact) mass is 786 g/mol. The van der Waals surface area contributed by atoms with Gasteiger partial charge in [-0.15, -0.1) is 0 Å². The largest absolute Gasteiger partial charge is 0.394 e. The lowest BCUT2D eigenvalue weighted by molar-refractivity contribution is -0.123. The summed E-state index contributed by atoms with van der Waals surface area (Å²) >= 11 is 0. The molecule has 0 rings (SSSR count). The Morgan fingerprint density at radius 1 is 0.439 bits per heavy atom. The lowest BCUT2D eigenvalue weighted by atomic mass is 10.1. The van der Waals surface area contributed by atoms with Crippen molar-refractivity contribution in [2.24, 2.45) is 0 Å². The summed E-state index contributed by atoms with van der Waals surface area (Å²) in [6, 6.07) is -0.662. The van der Waals surface area contributed by atoms with Crippen molar-refractivity contribution < 1.29 is 15.0 Å². The van der Waals surface area contributed by atoms with Gasteiger partial charge in [-0.05, 0) is 96.3 Å². The van der Waals surface area contributed by atoms with Crippen molar-refractivity contribution in [1.82, 2.24) is 5.32 Å². The number of allylic oxidation sites excluding steroid dienone is 19. The van der Waals surface area contributed by atoms with Crippen LogP contribution in [0, 0.1) is 0 Å². The molecule has 4 heteroatoms. The van der Waals surface area contributed by atoms with Crippen molar-refractivity contribution in [2.45, 2.75) is 199 Å². The third kappa shape index (κ3) is 43.8. The Bertz CT molecular complexity index is 1160. The van der Waals surface area contributed by atoms with Crippen molar-refractivity contribution in [3.05, 3.63) is 122 Å². The summed E-state index contributed by atoms with van der Waals surface area (Å²) in [5.74, 6) is -0.105. The minimum Gasteiger partial charge on any atom is -0.394 e. The van der Waals surface area contributed by atoms with Gasteiger partial charge in [0.2, 0.25) is 5.91 Å². The van der Waals surface area contributed by atoms with E-state index in [1.807, 2.05) is 6.08 Å². The molecule has 0 radical (unpaired) electrons. The molecule has 4 nitrogen and oxygen atoms in total. The zero-order valence-electron chi connectivity index (χ0n) is 36.8. The summed E-state index contributed by atoms with van der Waals surface area (Å²) in [5.41, 5.74) is 0. The molecule has 0 aliphatic rings. The predicted octanol–water partition coefficient (Wildman–Crippen LogP) is 15.0. The molecule has 57 heavy (non-hydrogen) atoms. The van der Waals surface area contributed by atoms with E-state index in [0.29, 0.717) is 6.42 Å². The van der Waals surface area contributed by atoms with Crippen LogP contribution in [-0.2, 0) is 4.79 Å². The van der Waals surface area contributed by atoms with Crippen LogP contribution >= 0.6 is 0 Å². The van der Waals surface area contributed by atoms with Crippen LogP contribution in [0.25, 0.3) is 0 Å². The maximum absolute atomic E-state index is 12.4. The first kappa shape index (κ1) is 53.8. The normalized spacial score (nSPS) is 14.1. The van der Waals surface area contributed by atoms with Crippen molar-refractivity contribution in [2.75, 3.05) is 6.61 Å². The minimum atomic E-state index is -0.882. The smallest absolute Gasteiger partial charge is 0.220 e. The molecule has 3 N–H and O–H groups in total. The number of carbonyl (C=O) groups excluding carboxylic acids is 1. The molecular weight excluding hydrogens is 699 g/mol. The lowest BCUT2D eigenvalue weighted by Gasteiger charge is -2.19. The van der Waals surface area contributed by atoms with Crippen LogP contribution in [0.15, 0.2) is 122 Å². The maximum Gasteiger partial charge on any atom is 0.220 e. The van der Waals surface area contributed by atoms with Gasteiger partial charge in [0.05, 0.1) is 18.8 Å². The second kappa shape index (κ2) is 47.2. The fraction of sp³-hybridized carbons (Fsp3) is 0.604. The number of carbonyl (C=O) groups is 1. The molecule has 0 aromatic rings. The number of rotatable bonds is 40. The maximum atomic E-state index is 12.4. The van der Waals surface area contributed by atoms with E-state index in [4.69, 9.17) is 0 Å². The van der Waals surface area contributed by atoms with E-state index in [0.717, 1.165) is 103 Å². The Hall–Kier alpha value is -3.21. The molecule has 0 saturated heterocycles. The van der Waals surface area contributed by atoms with Crippen molar-refractivity contribution in [3.8, 4) is 0 Å². The first-order valence-electron chi connectivity index (χ1n) is 23.2. The molecule has 0 spiro atoms. The van der Waals surface area contributed by atoms with Gasteiger partial charge in [0, 0.05) is 6.42 Å². The zero-order chi connectivity index (χ0) is 41.4. The average molecular weight is 786 g/mol. The van der Waals surface area contributed by atoms with Crippen LogP contribution < -0.4 is 5.32 Å².